The van der Waals surface area contributed by atoms with Crippen LogP contribution in [0.5, 0.6) is 0 Å². The van der Waals surface area contributed by atoms with Crippen molar-refractivity contribution in [3.63, 3.8) is 0 Å². The number of unbranched alkanes of at least 4 members (excludes halogenated alkanes) is 2. The summed E-state index contributed by atoms with van der Waals surface area (Å²) in [5.41, 5.74) is 3.05. The number of rotatable bonds is 9. The number of benzene rings is 2. The fraction of sp³-hybridized carbons (Fsp3) is 0.400. The number of azo groups is 1. The lowest BCUT2D eigenvalue weighted by atomic mass is 10.2. The van der Waals surface area contributed by atoms with Gasteiger partial charge in [-0.15, -0.1) is 0 Å². The molecule has 2 aromatic rings. The van der Waals surface area contributed by atoms with Gasteiger partial charge in [0.1, 0.15) is 0 Å². The third-order valence-corrected chi connectivity index (χ3v) is 3.82. The smallest absolute Gasteiger partial charge is 0.0858 e. The zero-order valence-corrected chi connectivity index (χ0v) is 14.3. The average molecular weight is 309 g/mol. The second-order valence-corrected chi connectivity index (χ2v) is 5.75. The number of anilines is 1. The molecule has 0 radical (unpaired) electrons. The quantitative estimate of drug-likeness (QED) is 0.485. The van der Waals surface area contributed by atoms with Crippen molar-refractivity contribution in [2.45, 2.75) is 39.5 Å². The molecule has 0 atom stereocenters. The molecule has 0 aliphatic carbocycles. The van der Waals surface area contributed by atoms with Crippen LogP contribution in [0.3, 0.4) is 0 Å². The summed E-state index contributed by atoms with van der Waals surface area (Å²) in [6.07, 6.45) is 4.93. The lowest BCUT2D eigenvalue weighted by Gasteiger charge is -2.24. The molecule has 0 saturated heterocycles. The standard InChI is InChI=1S/C20H27N3/c1-3-5-16-23(17-6-4-2)20-14-12-19(13-15-20)22-21-18-10-8-7-9-11-18/h7-15H,3-6,16-17H2,1-2H3. The third-order valence-electron chi connectivity index (χ3n) is 3.82. The predicted octanol–water partition coefficient (Wildman–Crippen LogP) is 6.51. The van der Waals surface area contributed by atoms with E-state index in [-0.39, 0.29) is 0 Å². The summed E-state index contributed by atoms with van der Waals surface area (Å²) in [6.45, 7) is 6.74. The van der Waals surface area contributed by atoms with Crippen LogP contribution in [0.25, 0.3) is 0 Å². The molecule has 3 heteroatoms. The molecular weight excluding hydrogens is 282 g/mol. The van der Waals surface area contributed by atoms with Crippen LogP contribution in [-0.4, -0.2) is 13.1 Å². The first-order chi connectivity index (χ1) is 11.3. The van der Waals surface area contributed by atoms with Crippen LogP contribution >= 0.6 is 0 Å². The highest BCUT2D eigenvalue weighted by molar-refractivity contribution is 5.53. The van der Waals surface area contributed by atoms with Crippen molar-refractivity contribution >= 4 is 17.1 Å². The molecule has 0 aliphatic heterocycles. The molecule has 3 nitrogen and oxygen atoms in total. The Bertz CT molecular complexity index is 568. The van der Waals surface area contributed by atoms with Crippen LogP contribution in [0.15, 0.2) is 64.8 Å². The average Bonchev–Trinajstić information content (AvgIpc) is 2.62. The molecule has 0 saturated carbocycles. The number of nitrogens with zero attached hydrogens (tertiary/aromatic N) is 3. The Kier molecular flexibility index (Phi) is 7.31. The molecule has 0 spiro atoms. The van der Waals surface area contributed by atoms with Gasteiger partial charge in [0.15, 0.2) is 0 Å². The Morgan fingerprint density at radius 2 is 1.22 bits per heavy atom. The van der Waals surface area contributed by atoms with Gasteiger partial charge < -0.3 is 4.90 Å². The summed E-state index contributed by atoms with van der Waals surface area (Å²) < 4.78 is 0. The van der Waals surface area contributed by atoms with E-state index < -0.39 is 0 Å². The van der Waals surface area contributed by atoms with Gasteiger partial charge in [-0.3, -0.25) is 0 Å². The van der Waals surface area contributed by atoms with E-state index in [1.807, 2.05) is 42.5 Å². The van der Waals surface area contributed by atoms with Crippen LogP contribution in [0.4, 0.5) is 17.1 Å². The van der Waals surface area contributed by atoms with E-state index in [0.717, 1.165) is 24.5 Å². The molecule has 0 heterocycles. The van der Waals surface area contributed by atoms with Crippen molar-refractivity contribution in [3.8, 4) is 0 Å². The van der Waals surface area contributed by atoms with Gasteiger partial charge in [-0.2, -0.15) is 10.2 Å². The minimum atomic E-state index is 0.879. The Morgan fingerprint density at radius 1 is 0.696 bits per heavy atom. The number of hydrogen-bond acceptors (Lipinski definition) is 3. The molecular formula is C20H27N3. The maximum absolute atomic E-state index is 4.31. The second kappa shape index (κ2) is 9.78. The van der Waals surface area contributed by atoms with Gasteiger partial charge in [0.25, 0.3) is 0 Å². The topological polar surface area (TPSA) is 28.0 Å². The van der Waals surface area contributed by atoms with Gasteiger partial charge >= 0.3 is 0 Å². The Morgan fingerprint density at radius 3 is 1.74 bits per heavy atom. The monoisotopic (exact) mass is 309 g/mol. The fourth-order valence-corrected chi connectivity index (χ4v) is 2.41. The molecule has 0 aliphatic rings. The van der Waals surface area contributed by atoms with Crippen LogP contribution in [0, 0.1) is 0 Å². The van der Waals surface area contributed by atoms with E-state index >= 15 is 0 Å². The Hall–Kier alpha value is -2.16. The minimum absolute atomic E-state index is 0.879. The lowest BCUT2D eigenvalue weighted by Crippen LogP contribution is -2.25. The van der Waals surface area contributed by atoms with E-state index in [1.165, 1.54) is 31.4 Å². The Balaban J connectivity index is 2.02. The van der Waals surface area contributed by atoms with Gasteiger partial charge in [0.2, 0.25) is 0 Å². The second-order valence-electron chi connectivity index (χ2n) is 5.75. The summed E-state index contributed by atoms with van der Waals surface area (Å²) in [4.78, 5) is 2.48. The highest BCUT2D eigenvalue weighted by Crippen LogP contribution is 2.22. The Labute approximate surface area is 140 Å². The third kappa shape index (κ3) is 5.85. The first-order valence-electron chi connectivity index (χ1n) is 8.65. The van der Waals surface area contributed by atoms with Crippen LogP contribution in [-0.2, 0) is 0 Å². The molecule has 0 unspecified atom stereocenters. The van der Waals surface area contributed by atoms with E-state index in [2.05, 4.69) is 41.1 Å². The maximum atomic E-state index is 4.31. The van der Waals surface area contributed by atoms with Crippen molar-refractivity contribution in [2.75, 3.05) is 18.0 Å². The van der Waals surface area contributed by atoms with Crippen molar-refractivity contribution in [3.05, 3.63) is 54.6 Å². The van der Waals surface area contributed by atoms with E-state index in [4.69, 9.17) is 0 Å². The summed E-state index contributed by atoms with van der Waals surface area (Å²) in [5.74, 6) is 0. The molecule has 0 amide bonds. The van der Waals surface area contributed by atoms with E-state index in [1.54, 1.807) is 0 Å². The van der Waals surface area contributed by atoms with E-state index in [9.17, 15) is 0 Å². The van der Waals surface area contributed by atoms with Gasteiger partial charge in [-0.1, -0.05) is 44.9 Å². The van der Waals surface area contributed by atoms with Crippen LogP contribution < -0.4 is 4.90 Å². The first-order valence-corrected chi connectivity index (χ1v) is 8.65. The molecule has 2 rings (SSSR count). The molecule has 122 valence electrons. The van der Waals surface area contributed by atoms with Gasteiger partial charge in [-0.05, 0) is 49.2 Å². The van der Waals surface area contributed by atoms with E-state index in [0.29, 0.717) is 0 Å². The van der Waals surface area contributed by atoms with Gasteiger partial charge in [-0.25, -0.2) is 0 Å². The zero-order valence-electron chi connectivity index (χ0n) is 14.3. The van der Waals surface area contributed by atoms with Crippen LogP contribution in [0.1, 0.15) is 39.5 Å². The molecule has 2 aromatic carbocycles. The maximum Gasteiger partial charge on any atom is 0.0858 e. The predicted molar refractivity (Wildman–Crippen MR) is 99.1 cm³/mol. The lowest BCUT2D eigenvalue weighted by molar-refractivity contribution is 0.678. The fourth-order valence-electron chi connectivity index (χ4n) is 2.41. The van der Waals surface area contributed by atoms with Crippen LogP contribution in [0.2, 0.25) is 0 Å². The van der Waals surface area contributed by atoms with Crippen molar-refractivity contribution in [1.29, 1.82) is 0 Å². The normalized spacial score (nSPS) is 11.0. The minimum Gasteiger partial charge on any atom is -0.372 e. The van der Waals surface area contributed by atoms with Crippen molar-refractivity contribution in [2.24, 2.45) is 10.2 Å². The number of hydrogen-bond donors (Lipinski definition) is 0. The molecule has 23 heavy (non-hydrogen) atoms. The molecule has 0 fully saturated rings. The first kappa shape index (κ1) is 17.2. The molecule has 0 N–H and O–H groups in total. The highest BCUT2D eigenvalue weighted by Gasteiger charge is 2.05. The largest absolute Gasteiger partial charge is 0.372 e. The SMILES string of the molecule is CCCCN(CCCC)c1ccc(N=Nc2ccccc2)cc1. The zero-order chi connectivity index (χ0) is 16.3. The van der Waals surface area contributed by atoms with Gasteiger partial charge in [0.05, 0.1) is 11.4 Å². The summed E-state index contributed by atoms with van der Waals surface area (Å²) in [6, 6.07) is 18.2. The summed E-state index contributed by atoms with van der Waals surface area (Å²) in [5, 5.41) is 8.57. The molecule has 0 bridgehead atoms. The van der Waals surface area contributed by atoms with Gasteiger partial charge in [0, 0.05) is 18.8 Å². The molecule has 0 aromatic heterocycles. The summed E-state index contributed by atoms with van der Waals surface area (Å²) >= 11 is 0. The highest BCUT2D eigenvalue weighted by atomic mass is 15.1. The summed E-state index contributed by atoms with van der Waals surface area (Å²) in [7, 11) is 0. The van der Waals surface area contributed by atoms with Crippen molar-refractivity contribution in [1.82, 2.24) is 0 Å². The van der Waals surface area contributed by atoms with Crippen molar-refractivity contribution < 1.29 is 0 Å².